The smallest absolute Gasteiger partial charge is 0.306 e. The fourth-order valence-corrected chi connectivity index (χ4v) is 5.61. The Morgan fingerprint density at radius 2 is 1.75 bits per heavy atom. The number of benzene rings is 2. The Labute approximate surface area is 213 Å². The number of nitrogens with one attached hydrogen (secondary N) is 1. The number of nitrogens with zero attached hydrogens (tertiary/aromatic N) is 1. The van der Waals surface area contributed by atoms with Gasteiger partial charge in [0.25, 0.3) is 0 Å². The fraction of sp³-hybridized carbons (Fsp3) is 0.464. The van der Waals surface area contributed by atoms with Crippen molar-refractivity contribution in [3.63, 3.8) is 0 Å². The molecule has 8 heteroatoms. The lowest BCUT2D eigenvalue weighted by Gasteiger charge is -2.30. The van der Waals surface area contributed by atoms with E-state index in [-0.39, 0.29) is 17.8 Å². The molecule has 2 aliphatic rings. The summed E-state index contributed by atoms with van der Waals surface area (Å²) in [4.78, 5) is 14.8. The van der Waals surface area contributed by atoms with Gasteiger partial charge in [-0.1, -0.05) is 18.2 Å². The zero-order valence-electron chi connectivity index (χ0n) is 20.8. The van der Waals surface area contributed by atoms with E-state index in [1.54, 1.807) is 24.3 Å². The monoisotopic (exact) mass is 514 g/mol. The van der Waals surface area contributed by atoms with Crippen molar-refractivity contribution in [3.05, 3.63) is 71.0 Å². The van der Waals surface area contributed by atoms with Gasteiger partial charge in [-0.15, -0.1) is 0 Å². The van der Waals surface area contributed by atoms with E-state index in [9.17, 15) is 17.6 Å². The molecule has 0 atom stereocenters. The number of hydrogen-bond donors (Lipinski definition) is 1. The van der Waals surface area contributed by atoms with Gasteiger partial charge in [0.15, 0.2) is 0 Å². The molecule has 1 N–H and O–H groups in total. The molecule has 0 bridgehead atoms. The van der Waals surface area contributed by atoms with Crippen LogP contribution in [-0.4, -0.2) is 51.2 Å². The maximum atomic E-state index is 13.0. The van der Waals surface area contributed by atoms with Crippen LogP contribution in [0.2, 0.25) is 0 Å². The molecule has 2 aromatic rings. The minimum atomic E-state index is -3.52. The Bertz CT molecular complexity index is 1170. The molecule has 0 saturated heterocycles. The van der Waals surface area contributed by atoms with Crippen molar-refractivity contribution >= 4 is 22.1 Å². The summed E-state index contributed by atoms with van der Waals surface area (Å²) in [5.74, 6) is 0.676. The van der Waals surface area contributed by atoms with Gasteiger partial charge in [-0.3, -0.25) is 4.79 Å². The maximum Gasteiger partial charge on any atom is 0.306 e. The van der Waals surface area contributed by atoms with Crippen LogP contribution in [0.1, 0.15) is 48.8 Å². The van der Waals surface area contributed by atoms with Crippen molar-refractivity contribution in [1.29, 1.82) is 0 Å². The number of rotatable bonds is 8. The molecule has 0 unspecified atom stereocenters. The molecule has 1 aliphatic heterocycles. The first-order valence-electron chi connectivity index (χ1n) is 12.7. The van der Waals surface area contributed by atoms with E-state index in [2.05, 4.69) is 10.2 Å². The van der Waals surface area contributed by atoms with Crippen molar-refractivity contribution in [2.45, 2.75) is 51.0 Å². The Morgan fingerprint density at radius 3 is 2.44 bits per heavy atom. The zero-order valence-corrected chi connectivity index (χ0v) is 21.6. The number of carbonyl (C=O) groups excluding carboxylic acids is 1. The first-order valence-corrected chi connectivity index (χ1v) is 14.5. The second-order valence-electron chi connectivity index (χ2n) is 9.96. The summed E-state index contributed by atoms with van der Waals surface area (Å²) in [6.45, 7) is 3.02. The molecule has 1 fully saturated rings. The summed E-state index contributed by atoms with van der Waals surface area (Å²) >= 11 is 0. The van der Waals surface area contributed by atoms with Crippen LogP contribution in [0, 0.1) is 11.7 Å². The van der Waals surface area contributed by atoms with Crippen LogP contribution in [0.25, 0.3) is 6.08 Å². The van der Waals surface area contributed by atoms with Crippen molar-refractivity contribution in [2.24, 2.45) is 5.92 Å². The van der Waals surface area contributed by atoms with Gasteiger partial charge in [0.1, 0.15) is 11.6 Å². The zero-order chi connectivity index (χ0) is 25.5. The van der Waals surface area contributed by atoms with E-state index in [4.69, 9.17) is 4.18 Å². The highest BCUT2D eigenvalue weighted by Crippen LogP contribution is 2.28. The summed E-state index contributed by atoms with van der Waals surface area (Å²) in [5, 5.41) is 3.11. The van der Waals surface area contributed by atoms with Gasteiger partial charge in [-0.25, -0.2) is 4.39 Å². The summed E-state index contributed by atoms with van der Waals surface area (Å²) < 4.78 is 40.9. The molecule has 1 aliphatic carbocycles. The maximum absolute atomic E-state index is 13.0. The molecule has 0 radical (unpaired) electrons. The van der Waals surface area contributed by atoms with Crippen LogP contribution in [-0.2, 0) is 27.8 Å². The highest BCUT2D eigenvalue weighted by atomic mass is 32.2. The van der Waals surface area contributed by atoms with Crippen LogP contribution in [0.15, 0.2) is 48.5 Å². The predicted molar refractivity (Wildman–Crippen MR) is 140 cm³/mol. The first kappa shape index (κ1) is 26.4. The van der Waals surface area contributed by atoms with Crippen LogP contribution >= 0.6 is 0 Å². The van der Waals surface area contributed by atoms with Crippen LogP contribution in [0.5, 0.6) is 5.75 Å². The highest BCUT2D eigenvalue weighted by Gasteiger charge is 2.23. The summed E-state index contributed by atoms with van der Waals surface area (Å²) in [6.07, 6.45) is 11.5. The molecule has 2 aromatic carbocycles. The van der Waals surface area contributed by atoms with Crippen LogP contribution in [0.4, 0.5) is 4.39 Å². The van der Waals surface area contributed by atoms with E-state index < -0.39 is 10.1 Å². The molecular formula is C28H35FN2O4S. The Hall–Kier alpha value is -2.71. The van der Waals surface area contributed by atoms with E-state index in [1.165, 1.54) is 29.3 Å². The quantitative estimate of drug-likeness (QED) is 0.419. The average Bonchev–Trinajstić information content (AvgIpc) is 3.04. The summed E-state index contributed by atoms with van der Waals surface area (Å²) in [7, 11) is -3.52. The second kappa shape index (κ2) is 12.0. The van der Waals surface area contributed by atoms with E-state index in [1.807, 2.05) is 12.1 Å². The van der Waals surface area contributed by atoms with Crippen LogP contribution in [0.3, 0.4) is 0 Å². The molecule has 1 saturated carbocycles. The van der Waals surface area contributed by atoms with Crippen molar-refractivity contribution in [1.82, 2.24) is 10.2 Å². The molecule has 0 spiro atoms. The molecule has 1 amide bonds. The van der Waals surface area contributed by atoms with Crippen molar-refractivity contribution in [3.8, 4) is 5.75 Å². The third kappa shape index (κ3) is 8.17. The van der Waals surface area contributed by atoms with E-state index >= 15 is 0 Å². The van der Waals surface area contributed by atoms with Gasteiger partial charge < -0.3 is 14.4 Å². The molecule has 194 valence electrons. The lowest BCUT2D eigenvalue weighted by molar-refractivity contribution is -0.117. The first-order chi connectivity index (χ1) is 17.2. The van der Waals surface area contributed by atoms with Gasteiger partial charge >= 0.3 is 10.1 Å². The Kier molecular flexibility index (Phi) is 8.80. The van der Waals surface area contributed by atoms with Gasteiger partial charge in [0.05, 0.1) is 6.26 Å². The summed E-state index contributed by atoms with van der Waals surface area (Å²) in [6, 6.07) is 11.9. The Morgan fingerprint density at radius 1 is 1.06 bits per heavy atom. The molecule has 0 aromatic heterocycles. The molecule has 1 heterocycles. The largest absolute Gasteiger partial charge is 0.383 e. The minimum absolute atomic E-state index is 0.1000. The van der Waals surface area contributed by atoms with Crippen LogP contribution < -0.4 is 9.50 Å². The van der Waals surface area contributed by atoms with Gasteiger partial charge in [0.2, 0.25) is 5.91 Å². The Balaban J connectivity index is 1.17. The third-order valence-electron chi connectivity index (χ3n) is 7.16. The van der Waals surface area contributed by atoms with Gasteiger partial charge in [-0.05, 0) is 104 Å². The van der Waals surface area contributed by atoms with E-state index in [0.29, 0.717) is 11.7 Å². The molecule has 36 heavy (non-hydrogen) atoms. The van der Waals surface area contributed by atoms with Crippen molar-refractivity contribution in [2.75, 3.05) is 25.9 Å². The molecular weight excluding hydrogens is 479 g/mol. The average molecular weight is 515 g/mol. The molecule has 6 nitrogen and oxygen atoms in total. The van der Waals surface area contributed by atoms with E-state index in [0.717, 1.165) is 76.4 Å². The SMILES string of the molecule is CS(=O)(=O)Oc1ccc2c(c1)CCN(CCC1CCC(NC(=O)/C=C/c3ccc(F)cc3)CC1)CC2. The fourth-order valence-electron chi connectivity index (χ4n) is 5.15. The van der Waals surface area contributed by atoms with Crippen molar-refractivity contribution < 1.29 is 21.8 Å². The lowest BCUT2D eigenvalue weighted by Crippen LogP contribution is -2.37. The highest BCUT2D eigenvalue weighted by molar-refractivity contribution is 7.86. The third-order valence-corrected chi connectivity index (χ3v) is 7.66. The number of hydrogen-bond acceptors (Lipinski definition) is 5. The topological polar surface area (TPSA) is 75.7 Å². The lowest BCUT2D eigenvalue weighted by atomic mass is 9.84. The minimum Gasteiger partial charge on any atom is -0.383 e. The predicted octanol–water partition coefficient (Wildman–Crippen LogP) is 4.34. The second-order valence-corrected chi connectivity index (χ2v) is 11.5. The number of carbonyl (C=O) groups is 1. The van der Waals surface area contributed by atoms with Gasteiger partial charge in [0, 0.05) is 25.2 Å². The summed E-state index contributed by atoms with van der Waals surface area (Å²) in [5.41, 5.74) is 3.24. The number of fused-ring (bicyclic) bond motifs is 1. The number of amides is 1. The number of halogens is 1. The van der Waals surface area contributed by atoms with Gasteiger partial charge in [-0.2, -0.15) is 8.42 Å². The normalized spacial score (nSPS) is 21.1. The standard InChI is InChI=1S/C28H35FN2O4S/c1-36(33,34)35-27-12-7-23-15-18-31(19-16-24(23)20-27)17-14-22-4-10-26(11-5-22)30-28(32)13-6-21-2-8-25(29)9-3-21/h2-3,6-9,12-13,20,22,26H,4-5,10-11,14-19H2,1H3,(H,30,32)/b13-6+. The molecule has 4 rings (SSSR count).